The second-order valence-electron chi connectivity index (χ2n) is 12.7. The van der Waals surface area contributed by atoms with Gasteiger partial charge in [0.2, 0.25) is 17.7 Å². The highest BCUT2D eigenvalue weighted by Crippen LogP contribution is 2.20. The minimum Gasteiger partial charge on any atom is -0.480 e. The second-order valence-corrected chi connectivity index (χ2v) is 12.7. The monoisotopic (exact) mass is 723 g/mol. The summed E-state index contributed by atoms with van der Waals surface area (Å²) in [6, 6.07) is 21.8. The van der Waals surface area contributed by atoms with Gasteiger partial charge in [-0.3, -0.25) is 19.7 Å². The van der Waals surface area contributed by atoms with Crippen molar-refractivity contribution in [3.63, 3.8) is 0 Å². The van der Waals surface area contributed by atoms with E-state index in [1.54, 1.807) is 36.5 Å². The van der Waals surface area contributed by atoms with Gasteiger partial charge in [-0.15, -0.1) is 0 Å². The molecule has 0 radical (unpaired) electrons. The number of hydrogen-bond acceptors (Lipinski definition) is 8. The number of aromatic nitrogens is 1. The molecule has 0 fully saturated rings. The van der Waals surface area contributed by atoms with E-state index in [-0.39, 0.29) is 25.9 Å². The zero-order valence-corrected chi connectivity index (χ0v) is 29.4. The third kappa shape index (κ3) is 12.2. The van der Waals surface area contributed by atoms with E-state index in [0.29, 0.717) is 12.8 Å². The third-order valence-corrected chi connectivity index (χ3v) is 8.68. The molecule has 8 N–H and O–H groups in total. The highest BCUT2D eigenvalue weighted by molar-refractivity contribution is 5.92. The maximum atomic E-state index is 13.7. The molecule has 4 aromatic rings. The fourth-order valence-corrected chi connectivity index (χ4v) is 5.85. The van der Waals surface area contributed by atoms with Crippen LogP contribution >= 0.6 is 0 Å². The number of H-pyrrole nitrogens is 1. The lowest BCUT2D eigenvalue weighted by atomic mass is 9.97. The molecule has 0 aliphatic carbocycles. The molecule has 1 heterocycles. The van der Waals surface area contributed by atoms with Crippen LogP contribution in [0.2, 0.25) is 0 Å². The van der Waals surface area contributed by atoms with Crippen LogP contribution in [-0.2, 0) is 43.4 Å². The number of aliphatic carboxylic acids is 1. The number of carboxylic acids is 1. The number of benzene rings is 3. The fraction of sp³-hybridized carbons (Fsp3) is 0.333. The van der Waals surface area contributed by atoms with E-state index in [2.05, 4.69) is 32.3 Å². The first-order valence-electron chi connectivity index (χ1n) is 17.4. The van der Waals surface area contributed by atoms with Crippen LogP contribution < -0.4 is 27.0 Å². The number of hydrogen-bond donors (Lipinski definition) is 7. The van der Waals surface area contributed by atoms with Crippen molar-refractivity contribution >= 4 is 40.7 Å². The number of ether oxygens (including phenoxy) is 1. The Balaban J connectivity index is 1.49. The van der Waals surface area contributed by atoms with E-state index in [9.17, 15) is 34.3 Å². The number of aromatic amines is 1. The molecule has 4 rings (SSSR count). The number of carbonyl (C=O) groups excluding carboxylic acids is 4. The lowest BCUT2D eigenvalue weighted by Crippen LogP contribution is -2.58. The first-order valence-corrected chi connectivity index (χ1v) is 17.4. The highest BCUT2D eigenvalue weighted by atomic mass is 16.5. The normalized spacial score (nSPS) is 13.7. The van der Waals surface area contributed by atoms with Gasteiger partial charge in [0, 0.05) is 23.5 Å². The molecule has 0 saturated carbocycles. The molecule has 14 heteroatoms. The Labute approximate surface area is 307 Å². The van der Waals surface area contributed by atoms with Crippen LogP contribution in [0.25, 0.3) is 10.9 Å². The van der Waals surface area contributed by atoms with Crippen LogP contribution in [0, 0.1) is 11.3 Å². The van der Waals surface area contributed by atoms with Crippen LogP contribution in [0.5, 0.6) is 0 Å². The Morgan fingerprint density at radius 2 is 1.51 bits per heavy atom. The number of rotatable bonds is 20. The Hall–Kier alpha value is -6.20. The van der Waals surface area contributed by atoms with Crippen LogP contribution in [0.1, 0.15) is 49.3 Å². The van der Waals surface area contributed by atoms with Crippen molar-refractivity contribution in [1.29, 1.82) is 5.26 Å². The van der Waals surface area contributed by atoms with E-state index in [0.717, 1.165) is 27.6 Å². The van der Waals surface area contributed by atoms with Gasteiger partial charge in [0.25, 0.3) is 0 Å². The standard InChI is InChI=1S/C39H45N7O7/c1-2-3-17-30(37(49)45-33(38(50)51)21-35(47)44-32(36(41)48)19-25-12-6-4-7-13-25)43-34(22-40)31(20-27-23-42-29-18-11-10-16-28(27)29)46-39(52)53-24-26-14-8-5-9-15-26/h4-16,18,23,30-34,42-43H,2-3,17,19-21,24H2,1H3,(H2,41,48)(H,44,47)(H,45,49)(H,46,52)(H,50,51)/t30-,31-,32-,33-,34+/m0/s1. The quantitative estimate of drug-likeness (QED) is 0.0709. The molecule has 0 spiro atoms. The summed E-state index contributed by atoms with van der Waals surface area (Å²) in [5, 5.41) is 32.0. The molecule has 4 amide bonds. The highest BCUT2D eigenvalue weighted by Gasteiger charge is 2.33. The molecule has 5 atom stereocenters. The predicted octanol–water partition coefficient (Wildman–Crippen LogP) is 3.22. The Morgan fingerprint density at radius 1 is 0.849 bits per heavy atom. The van der Waals surface area contributed by atoms with Crippen molar-refractivity contribution in [1.82, 2.24) is 26.3 Å². The SMILES string of the molecule is CCCC[C@H](N[C@H](C#N)[C@H](Cc1c[nH]c2ccccc12)NC(=O)OCc1ccccc1)C(=O)N[C@@H](CC(=O)N[C@@H](Cc1ccccc1)C(N)=O)C(=O)O. The number of amides is 4. The summed E-state index contributed by atoms with van der Waals surface area (Å²) in [5.41, 5.74) is 8.68. The minimum absolute atomic E-state index is 0.00471. The number of nitriles is 1. The van der Waals surface area contributed by atoms with Crippen molar-refractivity contribution in [2.45, 2.75) is 82.3 Å². The molecule has 0 unspecified atom stereocenters. The van der Waals surface area contributed by atoms with Gasteiger partial charge in [-0.25, -0.2) is 9.59 Å². The number of fused-ring (bicyclic) bond motifs is 1. The molecule has 53 heavy (non-hydrogen) atoms. The largest absolute Gasteiger partial charge is 0.480 e. The van der Waals surface area contributed by atoms with E-state index < -0.39 is 66.4 Å². The zero-order chi connectivity index (χ0) is 38.2. The van der Waals surface area contributed by atoms with Crippen molar-refractivity contribution in [2.24, 2.45) is 5.73 Å². The molecule has 3 aromatic carbocycles. The van der Waals surface area contributed by atoms with E-state index in [4.69, 9.17) is 10.5 Å². The lowest BCUT2D eigenvalue weighted by Gasteiger charge is -2.28. The first kappa shape index (κ1) is 39.6. The molecule has 14 nitrogen and oxygen atoms in total. The number of nitrogens with two attached hydrogens (primary N) is 1. The maximum absolute atomic E-state index is 13.7. The van der Waals surface area contributed by atoms with Crippen molar-refractivity contribution in [3.8, 4) is 6.07 Å². The van der Waals surface area contributed by atoms with Crippen molar-refractivity contribution in [2.75, 3.05) is 0 Å². The van der Waals surface area contributed by atoms with Crippen molar-refractivity contribution < 1.29 is 33.8 Å². The summed E-state index contributed by atoms with van der Waals surface area (Å²) < 4.78 is 5.46. The topological polar surface area (TPSA) is 229 Å². The molecule has 0 saturated heterocycles. The van der Waals surface area contributed by atoms with E-state index >= 15 is 0 Å². The van der Waals surface area contributed by atoms with Gasteiger partial charge in [-0.1, -0.05) is 98.6 Å². The van der Waals surface area contributed by atoms with Gasteiger partial charge in [0.15, 0.2) is 0 Å². The molecule has 0 bridgehead atoms. The summed E-state index contributed by atoms with van der Waals surface area (Å²) in [5.74, 6) is -3.84. The number of primary amides is 1. The van der Waals surface area contributed by atoms with Crippen LogP contribution in [0.15, 0.2) is 91.1 Å². The maximum Gasteiger partial charge on any atom is 0.407 e. The summed E-state index contributed by atoms with van der Waals surface area (Å²) in [4.78, 5) is 67.3. The molecule has 278 valence electrons. The lowest BCUT2D eigenvalue weighted by molar-refractivity contribution is -0.144. The van der Waals surface area contributed by atoms with Gasteiger partial charge >= 0.3 is 12.1 Å². The number of para-hydroxylation sites is 1. The number of nitrogens with zero attached hydrogens (tertiary/aromatic N) is 1. The number of carbonyl (C=O) groups is 5. The summed E-state index contributed by atoms with van der Waals surface area (Å²) in [6.07, 6.45) is 2.06. The van der Waals surface area contributed by atoms with E-state index in [1.165, 1.54) is 0 Å². The minimum atomic E-state index is -1.66. The number of carboxylic acid groups (broad SMARTS) is 1. The number of nitrogens with one attached hydrogen (secondary N) is 5. The fourth-order valence-electron chi connectivity index (χ4n) is 5.85. The Kier molecular flexibility index (Phi) is 14.9. The van der Waals surface area contributed by atoms with Gasteiger partial charge in [0.05, 0.1) is 24.6 Å². The van der Waals surface area contributed by atoms with Gasteiger partial charge in [0.1, 0.15) is 24.7 Å². The van der Waals surface area contributed by atoms with Crippen LogP contribution in [0.3, 0.4) is 0 Å². The summed E-state index contributed by atoms with van der Waals surface area (Å²) in [6.45, 7) is 1.91. The van der Waals surface area contributed by atoms with Gasteiger partial charge in [-0.2, -0.15) is 5.26 Å². The number of unbranched alkanes of at least 4 members (excludes halogenated alkanes) is 1. The van der Waals surface area contributed by atoms with Gasteiger partial charge < -0.3 is 36.5 Å². The second kappa shape index (κ2) is 20.0. The molecule has 0 aliphatic heterocycles. The average Bonchev–Trinajstić information content (AvgIpc) is 3.56. The Morgan fingerprint density at radius 3 is 2.15 bits per heavy atom. The molecular weight excluding hydrogens is 678 g/mol. The predicted molar refractivity (Wildman–Crippen MR) is 197 cm³/mol. The Bertz CT molecular complexity index is 1880. The van der Waals surface area contributed by atoms with E-state index in [1.807, 2.05) is 61.5 Å². The van der Waals surface area contributed by atoms with Gasteiger partial charge in [-0.05, 0) is 35.6 Å². The zero-order valence-electron chi connectivity index (χ0n) is 29.4. The smallest absolute Gasteiger partial charge is 0.407 e. The first-order chi connectivity index (χ1) is 25.6. The summed E-state index contributed by atoms with van der Waals surface area (Å²) >= 11 is 0. The van der Waals surface area contributed by atoms with Crippen LogP contribution in [0.4, 0.5) is 4.79 Å². The number of alkyl carbamates (subject to hydrolysis) is 1. The van der Waals surface area contributed by atoms with Crippen LogP contribution in [-0.4, -0.2) is 70.1 Å². The molecular formula is C39H45N7O7. The van der Waals surface area contributed by atoms with Crippen molar-refractivity contribution in [3.05, 3.63) is 108 Å². The third-order valence-electron chi connectivity index (χ3n) is 8.68. The molecule has 1 aromatic heterocycles. The molecule has 0 aliphatic rings. The average molecular weight is 724 g/mol. The summed E-state index contributed by atoms with van der Waals surface area (Å²) in [7, 11) is 0.